The lowest BCUT2D eigenvalue weighted by Crippen LogP contribution is -2.16. The van der Waals surface area contributed by atoms with Gasteiger partial charge in [0.25, 0.3) is 5.91 Å². The lowest BCUT2D eigenvalue weighted by molar-refractivity contribution is 0.0984. The van der Waals surface area contributed by atoms with E-state index in [0.717, 1.165) is 19.1 Å². The normalized spacial score (nSPS) is 9.93. The number of halogens is 2. The first-order valence-corrected chi connectivity index (χ1v) is 3.73. The number of nitrogens with two attached hydrogens (primary N) is 1. The van der Waals surface area contributed by atoms with Crippen LogP contribution in [0.25, 0.3) is 0 Å². The summed E-state index contributed by atoms with van der Waals surface area (Å²) >= 11 is 0. The molecule has 0 aliphatic heterocycles. The number of carbonyl (C=O) groups excluding carboxylic acids is 2. The predicted molar refractivity (Wildman–Crippen MR) is 44.9 cm³/mol. The van der Waals surface area contributed by atoms with Gasteiger partial charge in [-0.1, -0.05) is 0 Å². The second-order valence-electron chi connectivity index (χ2n) is 2.74. The summed E-state index contributed by atoms with van der Waals surface area (Å²) in [5.41, 5.74) is 3.78. The first-order chi connectivity index (χ1) is 6.43. The first kappa shape index (κ1) is 10.3. The number of hydrogen-bond acceptors (Lipinski definition) is 2. The van der Waals surface area contributed by atoms with Crippen LogP contribution >= 0.6 is 0 Å². The minimum absolute atomic E-state index is 0.134. The van der Waals surface area contributed by atoms with Gasteiger partial charge >= 0.3 is 0 Å². The Labute approximate surface area is 78.5 Å². The van der Waals surface area contributed by atoms with Gasteiger partial charge in [-0.15, -0.1) is 0 Å². The van der Waals surface area contributed by atoms with Crippen molar-refractivity contribution in [3.8, 4) is 0 Å². The molecule has 0 bridgehead atoms. The molecule has 0 heterocycles. The van der Waals surface area contributed by atoms with E-state index in [0.29, 0.717) is 0 Å². The number of benzene rings is 1. The summed E-state index contributed by atoms with van der Waals surface area (Å²) in [5, 5.41) is 0. The van der Waals surface area contributed by atoms with E-state index in [2.05, 4.69) is 0 Å². The van der Waals surface area contributed by atoms with Crippen LogP contribution in [-0.4, -0.2) is 11.7 Å². The first-order valence-electron chi connectivity index (χ1n) is 3.73. The molecular formula is C9H7F2NO2. The molecule has 1 amide bonds. The quantitative estimate of drug-likeness (QED) is 0.729. The average molecular weight is 199 g/mol. The maximum atomic E-state index is 13.0. The molecular weight excluding hydrogens is 192 g/mol. The van der Waals surface area contributed by atoms with Gasteiger partial charge in [0.05, 0.1) is 0 Å². The van der Waals surface area contributed by atoms with Gasteiger partial charge < -0.3 is 5.73 Å². The van der Waals surface area contributed by atoms with Crippen molar-refractivity contribution in [3.63, 3.8) is 0 Å². The number of amides is 1. The molecule has 1 aromatic rings. The number of hydrogen-bond donors (Lipinski definition) is 1. The second-order valence-corrected chi connectivity index (χ2v) is 2.74. The van der Waals surface area contributed by atoms with Crippen LogP contribution in [0, 0.1) is 11.6 Å². The molecule has 1 rings (SSSR count). The molecule has 2 N–H and O–H groups in total. The van der Waals surface area contributed by atoms with Gasteiger partial charge in [-0.3, -0.25) is 9.59 Å². The number of carbonyl (C=O) groups is 2. The van der Waals surface area contributed by atoms with E-state index in [1.807, 2.05) is 0 Å². The summed E-state index contributed by atoms with van der Waals surface area (Å²) in [6.07, 6.45) is 0. The maximum Gasteiger partial charge on any atom is 0.254 e. The molecule has 1 aromatic carbocycles. The minimum Gasteiger partial charge on any atom is -0.365 e. The highest BCUT2D eigenvalue weighted by Crippen LogP contribution is 2.15. The number of Topliss-reactive ketones (excluding diaryl/α,β-unsaturated/α-hetero) is 1. The summed E-state index contributed by atoms with van der Waals surface area (Å²) in [7, 11) is 0. The van der Waals surface area contributed by atoms with Crippen LogP contribution in [0.15, 0.2) is 12.1 Å². The molecule has 0 saturated heterocycles. The van der Waals surface area contributed by atoms with Crippen LogP contribution in [0.3, 0.4) is 0 Å². The van der Waals surface area contributed by atoms with E-state index < -0.39 is 28.9 Å². The Hall–Kier alpha value is -1.78. The Morgan fingerprint density at radius 2 is 1.64 bits per heavy atom. The van der Waals surface area contributed by atoms with Crippen LogP contribution in [0.2, 0.25) is 0 Å². The van der Waals surface area contributed by atoms with Gasteiger partial charge in [0.1, 0.15) is 17.2 Å². The Bertz CT molecular complexity index is 392. The highest BCUT2D eigenvalue weighted by molar-refractivity contribution is 5.97. The maximum absolute atomic E-state index is 13.0. The van der Waals surface area contributed by atoms with Crippen LogP contribution in [0.5, 0.6) is 0 Å². The standard InChI is InChI=1S/C9H7F2NO2/c1-4(13)5-2-6(10)8(9(12)14)7(11)3-5/h2-3H,1H3,(H2,12,14). The zero-order valence-electron chi connectivity index (χ0n) is 7.30. The summed E-state index contributed by atoms with van der Waals surface area (Å²) in [5.74, 6) is -3.93. The van der Waals surface area contributed by atoms with Crippen molar-refractivity contribution >= 4 is 11.7 Å². The minimum atomic E-state index is -1.20. The van der Waals surface area contributed by atoms with Crippen molar-refractivity contribution in [1.29, 1.82) is 0 Å². The van der Waals surface area contributed by atoms with Gasteiger partial charge in [-0.2, -0.15) is 0 Å². The van der Waals surface area contributed by atoms with E-state index >= 15 is 0 Å². The van der Waals surface area contributed by atoms with Crippen molar-refractivity contribution in [1.82, 2.24) is 0 Å². The number of primary amides is 1. The highest BCUT2D eigenvalue weighted by Gasteiger charge is 2.17. The number of ketones is 1. The number of rotatable bonds is 2. The summed E-state index contributed by atoms with van der Waals surface area (Å²) in [6.45, 7) is 1.16. The van der Waals surface area contributed by atoms with E-state index in [-0.39, 0.29) is 5.56 Å². The Morgan fingerprint density at radius 1 is 1.21 bits per heavy atom. The van der Waals surface area contributed by atoms with Crippen LogP contribution in [0.1, 0.15) is 27.6 Å². The van der Waals surface area contributed by atoms with Crippen molar-refractivity contribution < 1.29 is 18.4 Å². The molecule has 5 heteroatoms. The van der Waals surface area contributed by atoms with Gasteiger partial charge in [-0.05, 0) is 19.1 Å². The van der Waals surface area contributed by atoms with Gasteiger partial charge in [0, 0.05) is 5.56 Å². The van der Waals surface area contributed by atoms with Crippen molar-refractivity contribution in [2.45, 2.75) is 6.92 Å². The molecule has 0 aromatic heterocycles. The van der Waals surface area contributed by atoms with Crippen molar-refractivity contribution in [2.24, 2.45) is 5.73 Å². The Kier molecular flexibility index (Phi) is 2.60. The molecule has 74 valence electrons. The van der Waals surface area contributed by atoms with Crippen LogP contribution < -0.4 is 5.73 Å². The molecule has 0 saturated carbocycles. The van der Waals surface area contributed by atoms with E-state index in [9.17, 15) is 18.4 Å². The van der Waals surface area contributed by atoms with Crippen LogP contribution in [-0.2, 0) is 0 Å². The molecule has 3 nitrogen and oxygen atoms in total. The molecule has 0 spiro atoms. The zero-order valence-corrected chi connectivity index (χ0v) is 7.30. The van der Waals surface area contributed by atoms with Gasteiger partial charge in [0.2, 0.25) is 0 Å². The predicted octanol–water partition coefficient (Wildman–Crippen LogP) is 1.27. The Morgan fingerprint density at radius 3 is 1.93 bits per heavy atom. The molecule has 0 unspecified atom stereocenters. The summed E-state index contributed by atoms with van der Waals surface area (Å²) in [6, 6.07) is 1.57. The monoisotopic (exact) mass is 199 g/mol. The van der Waals surface area contributed by atoms with E-state index in [4.69, 9.17) is 5.73 Å². The SMILES string of the molecule is CC(=O)c1cc(F)c(C(N)=O)c(F)c1. The van der Waals surface area contributed by atoms with E-state index in [1.54, 1.807) is 0 Å². The smallest absolute Gasteiger partial charge is 0.254 e. The molecule has 0 fully saturated rings. The topological polar surface area (TPSA) is 60.2 Å². The van der Waals surface area contributed by atoms with Gasteiger partial charge in [-0.25, -0.2) is 8.78 Å². The lowest BCUT2D eigenvalue weighted by atomic mass is 10.1. The van der Waals surface area contributed by atoms with E-state index in [1.165, 1.54) is 0 Å². The van der Waals surface area contributed by atoms with Gasteiger partial charge in [0.15, 0.2) is 5.78 Å². The third-order valence-corrected chi connectivity index (χ3v) is 1.70. The molecule has 14 heavy (non-hydrogen) atoms. The zero-order chi connectivity index (χ0) is 10.9. The van der Waals surface area contributed by atoms with Crippen molar-refractivity contribution in [2.75, 3.05) is 0 Å². The second kappa shape index (κ2) is 3.53. The molecule has 0 aliphatic carbocycles. The fourth-order valence-corrected chi connectivity index (χ4v) is 1.01. The highest BCUT2D eigenvalue weighted by atomic mass is 19.1. The fraction of sp³-hybridized carbons (Fsp3) is 0.111. The summed E-state index contributed by atoms with van der Waals surface area (Å²) < 4.78 is 26.1. The molecule has 0 radical (unpaired) electrons. The Balaban J connectivity index is 3.39. The third-order valence-electron chi connectivity index (χ3n) is 1.70. The molecule has 0 aliphatic rings. The third kappa shape index (κ3) is 1.76. The lowest BCUT2D eigenvalue weighted by Gasteiger charge is -2.02. The summed E-state index contributed by atoms with van der Waals surface area (Å²) in [4.78, 5) is 21.4. The average Bonchev–Trinajstić information content (AvgIpc) is 2.01. The largest absolute Gasteiger partial charge is 0.365 e. The molecule has 0 atom stereocenters. The fourth-order valence-electron chi connectivity index (χ4n) is 1.01. The van der Waals surface area contributed by atoms with Crippen molar-refractivity contribution in [3.05, 3.63) is 34.9 Å². The van der Waals surface area contributed by atoms with Crippen LogP contribution in [0.4, 0.5) is 8.78 Å².